The van der Waals surface area contributed by atoms with Crippen LogP contribution in [-0.2, 0) is 6.54 Å². The van der Waals surface area contributed by atoms with Crippen molar-refractivity contribution in [3.63, 3.8) is 0 Å². The fraction of sp³-hybridized carbons (Fsp3) is 0.444. The zero-order chi connectivity index (χ0) is 16.9. The van der Waals surface area contributed by atoms with E-state index in [1.165, 1.54) is 5.56 Å². The van der Waals surface area contributed by atoms with Crippen LogP contribution in [0.25, 0.3) is 0 Å². The van der Waals surface area contributed by atoms with Crippen LogP contribution in [0.4, 0.5) is 0 Å². The smallest absolute Gasteiger partial charge is 0.273 e. The summed E-state index contributed by atoms with van der Waals surface area (Å²) in [6.45, 7) is 4.54. The van der Waals surface area contributed by atoms with Gasteiger partial charge in [0, 0.05) is 37.3 Å². The highest BCUT2D eigenvalue weighted by Crippen LogP contribution is 2.21. The molecule has 1 saturated heterocycles. The number of hydrogen-bond acceptors (Lipinski definition) is 5. The molecule has 0 spiro atoms. The Morgan fingerprint density at radius 2 is 2.12 bits per heavy atom. The molecule has 24 heavy (non-hydrogen) atoms. The molecule has 3 rings (SSSR count). The number of rotatable bonds is 5. The number of nitrogens with zero attached hydrogens (tertiary/aromatic N) is 2. The second-order valence-electron chi connectivity index (χ2n) is 6.16. The highest BCUT2D eigenvalue weighted by Gasteiger charge is 2.22. The minimum absolute atomic E-state index is 0.157. The van der Waals surface area contributed by atoms with Gasteiger partial charge in [-0.2, -0.15) is 0 Å². The Balaban J connectivity index is 1.50. The number of carbonyl (C=O) groups is 1. The van der Waals surface area contributed by atoms with Crippen molar-refractivity contribution in [2.75, 3.05) is 20.2 Å². The molecule has 128 valence electrons. The van der Waals surface area contributed by atoms with E-state index in [9.17, 15) is 4.79 Å². The molecule has 1 aliphatic rings. The summed E-state index contributed by atoms with van der Waals surface area (Å²) in [5, 5.41) is 6.80. The molecular weight excluding hydrogens is 306 g/mol. The molecule has 1 amide bonds. The molecule has 1 aromatic heterocycles. The lowest BCUT2D eigenvalue weighted by molar-refractivity contribution is 0.0899. The number of piperidine rings is 1. The van der Waals surface area contributed by atoms with E-state index in [0.29, 0.717) is 11.5 Å². The van der Waals surface area contributed by atoms with Crippen molar-refractivity contribution in [3.8, 4) is 5.75 Å². The second kappa shape index (κ2) is 7.49. The molecule has 1 N–H and O–H groups in total. The predicted molar refractivity (Wildman–Crippen MR) is 90.0 cm³/mol. The molecule has 0 radical (unpaired) electrons. The van der Waals surface area contributed by atoms with Crippen molar-refractivity contribution in [2.24, 2.45) is 0 Å². The summed E-state index contributed by atoms with van der Waals surface area (Å²) >= 11 is 0. The number of amides is 1. The molecule has 6 nitrogen and oxygen atoms in total. The maximum atomic E-state index is 12.1. The van der Waals surface area contributed by atoms with E-state index in [1.807, 2.05) is 18.2 Å². The van der Waals surface area contributed by atoms with Crippen LogP contribution in [0.15, 0.2) is 34.9 Å². The summed E-state index contributed by atoms with van der Waals surface area (Å²) in [5.74, 6) is 1.41. The third-order valence-electron chi connectivity index (χ3n) is 4.37. The van der Waals surface area contributed by atoms with E-state index in [0.717, 1.165) is 38.2 Å². The molecular formula is C18H23N3O3. The van der Waals surface area contributed by atoms with Gasteiger partial charge in [0.15, 0.2) is 5.69 Å². The first-order valence-corrected chi connectivity index (χ1v) is 8.24. The number of benzene rings is 1. The fourth-order valence-corrected chi connectivity index (χ4v) is 3.04. The Bertz CT molecular complexity index is 690. The Morgan fingerprint density at radius 1 is 1.38 bits per heavy atom. The first-order valence-electron chi connectivity index (χ1n) is 8.24. The lowest BCUT2D eigenvalue weighted by atomic mass is 10.0. The van der Waals surface area contributed by atoms with Crippen LogP contribution in [0, 0.1) is 6.92 Å². The van der Waals surface area contributed by atoms with Gasteiger partial charge >= 0.3 is 0 Å². The van der Waals surface area contributed by atoms with Gasteiger partial charge in [-0.05, 0) is 25.8 Å². The number of hydrogen-bond donors (Lipinski definition) is 1. The van der Waals surface area contributed by atoms with E-state index in [1.54, 1.807) is 20.1 Å². The van der Waals surface area contributed by atoms with Gasteiger partial charge in [-0.15, -0.1) is 0 Å². The van der Waals surface area contributed by atoms with Crippen molar-refractivity contribution >= 4 is 5.91 Å². The van der Waals surface area contributed by atoms with Crippen LogP contribution < -0.4 is 10.1 Å². The number of aromatic nitrogens is 1. The molecule has 1 fully saturated rings. The summed E-state index contributed by atoms with van der Waals surface area (Å²) in [6.07, 6.45) is 1.86. The molecule has 1 aliphatic heterocycles. The average molecular weight is 329 g/mol. The van der Waals surface area contributed by atoms with Gasteiger partial charge in [-0.1, -0.05) is 23.4 Å². The standard InChI is InChI=1S/C18H23N3O3/c1-13-11-16(20-24-13)18(22)19-15-7-9-21(10-8-15)12-14-5-3-4-6-17(14)23-2/h3-6,11,15H,7-10,12H2,1-2H3,(H,19,22). The first-order chi connectivity index (χ1) is 11.7. The largest absolute Gasteiger partial charge is 0.496 e. The van der Waals surface area contributed by atoms with E-state index in [2.05, 4.69) is 21.4 Å². The van der Waals surface area contributed by atoms with Crippen LogP contribution >= 0.6 is 0 Å². The SMILES string of the molecule is COc1ccccc1CN1CCC(NC(=O)c2cc(C)on2)CC1. The molecule has 2 heterocycles. The monoisotopic (exact) mass is 329 g/mol. The fourth-order valence-electron chi connectivity index (χ4n) is 3.04. The minimum atomic E-state index is -0.157. The molecule has 0 bridgehead atoms. The number of aryl methyl sites for hydroxylation is 1. The molecule has 0 saturated carbocycles. The lowest BCUT2D eigenvalue weighted by Gasteiger charge is -2.32. The highest BCUT2D eigenvalue weighted by atomic mass is 16.5. The van der Waals surface area contributed by atoms with Crippen molar-refractivity contribution in [1.29, 1.82) is 0 Å². The van der Waals surface area contributed by atoms with E-state index >= 15 is 0 Å². The van der Waals surface area contributed by atoms with Gasteiger partial charge < -0.3 is 14.6 Å². The van der Waals surface area contributed by atoms with Crippen molar-refractivity contribution < 1.29 is 14.1 Å². The lowest BCUT2D eigenvalue weighted by Crippen LogP contribution is -2.44. The zero-order valence-electron chi connectivity index (χ0n) is 14.1. The highest BCUT2D eigenvalue weighted by molar-refractivity contribution is 5.92. The Kier molecular flexibility index (Phi) is 5.15. The summed E-state index contributed by atoms with van der Waals surface area (Å²) in [4.78, 5) is 14.5. The predicted octanol–water partition coefficient (Wildman–Crippen LogP) is 2.39. The molecule has 6 heteroatoms. The maximum absolute atomic E-state index is 12.1. The van der Waals surface area contributed by atoms with Crippen LogP contribution in [0.3, 0.4) is 0 Å². The van der Waals surface area contributed by atoms with Gasteiger partial charge in [0.25, 0.3) is 5.91 Å². The van der Waals surface area contributed by atoms with Crippen LogP contribution in [0.5, 0.6) is 5.75 Å². The number of nitrogens with one attached hydrogen (secondary N) is 1. The van der Waals surface area contributed by atoms with Gasteiger partial charge in [0.1, 0.15) is 11.5 Å². The number of methoxy groups -OCH3 is 1. The number of carbonyl (C=O) groups excluding carboxylic acids is 1. The summed E-state index contributed by atoms with van der Waals surface area (Å²) in [5.41, 5.74) is 1.55. The van der Waals surface area contributed by atoms with E-state index < -0.39 is 0 Å². The van der Waals surface area contributed by atoms with Gasteiger partial charge in [-0.25, -0.2) is 0 Å². The molecule has 2 aromatic rings. The minimum Gasteiger partial charge on any atom is -0.496 e. The van der Waals surface area contributed by atoms with Crippen molar-refractivity contribution in [2.45, 2.75) is 32.4 Å². The van der Waals surface area contributed by atoms with Crippen LogP contribution in [0.2, 0.25) is 0 Å². The topological polar surface area (TPSA) is 67.6 Å². The normalized spacial score (nSPS) is 16.1. The number of ether oxygens (including phenoxy) is 1. The Hall–Kier alpha value is -2.34. The third kappa shape index (κ3) is 3.94. The molecule has 0 aliphatic carbocycles. The number of para-hydroxylation sites is 1. The summed E-state index contributed by atoms with van der Waals surface area (Å²) in [7, 11) is 1.70. The summed E-state index contributed by atoms with van der Waals surface area (Å²) in [6, 6.07) is 9.94. The maximum Gasteiger partial charge on any atom is 0.273 e. The van der Waals surface area contributed by atoms with Gasteiger partial charge in [-0.3, -0.25) is 9.69 Å². The zero-order valence-corrected chi connectivity index (χ0v) is 14.1. The second-order valence-corrected chi connectivity index (χ2v) is 6.16. The Morgan fingerprint density at radius 3 is 2.79 bits per heavy atom. The molecule has 0 unspecified atom stereocenters. The third-order valence-corrected chi connectivity index (χ3v) is 4.37. The molecule has 1 aromatic carbocycles. The van der Waals surface area contributed by atoms with Crippen LogP contribution in [0.1, 0.15) is 34.7 Å². The number of likely N-dealkylation sites (tertiary alicyclic amines) is 1. The van der Waals surface area contributed by atoms with Crippen LogP contribution in [-0.4, -0.2) is 42.2 Å². The summed E-state index contributed by atoms with van der Waals surface area (Å²) < 4.78 is 10.4. The van der Waals surface area contributed by atoms with Crippen molar-refractivity contribution in [3.05, 3.63) is 47.3 Å². The van der Waals surface area contributed by atoms with Gasteiger partial charge in [0.05, 0.1) is 7.11 Å². The molecule has 0 atom stereocenters. The quantitative estimate of drug-likeness (QED) is 0.912. The van der Waals surface area contributed by atoms with E-state index in [4.69, 9.17) is 9.26 Å². The van der Waals surface area contributed by atoms with E-state index in [-0.39, 0.29) is 11.9 Å². The average Bonchev–Trinajstić information content (AvgIpc) is 3.04. The first kappa shape index (κ1) is 16.5. The van der Waals surface area contributed by atoms with Gasteiger partial charge in [0.2, 0.25) is 0 Å². The Labute approximate surface area is 141 Å². The van der Waals surface area contributed by atoms with Crippen molar-refractivity contribution in [1.82, 2.24) is 15.4 Å².